The second-order valence-corrected chi connectivity index (χ2v) is 8.07. The molecule has 1 saturated heterocycles. The molecule has 2 aromatic rings. The molecule has 0 spiro atoms. The molecule has 0 unspecified atom stereocenters. The zero-order chi connectivity index (χ0) is 18.6. The average molecular weight is 377 g/mol. The van der Waals surface area contributed by atoms with E-state index in [4.69, 9.17) is 0 Å². The number of hydrogen-bond donors (Lipinski definition) is 1. The van der Waals surface area contributed by atoms with Crippen molar-refractivity contribution in [2.75, 3.05) is 13.1 Å². The molecule has 1 N–H and O–H groups in total. The van der Waals surface area contributed by atoms with E-state index in [1.807, 2.05) is 13.0 Å². The van der Waals surface area contributed by atoms with E-state index >= 15 is 0 Å². The van der Waals surface area contributed by atoms with Gasteiger partial charge in [-0.2, -0.15) is 9.40 Å². The van der Waals surface area contributed by atoms with E-state index in [1.54, 1.807) is 18.5 Å². The molecule has 9 heteroatoms. The van der Waals surface area contributed by atoms with Gasteiger partial charge < -0.3 is 5.32 Å². The summed E-state index contributed by atoms with van der Waals surface area (Å²) in [7, 11) is -3.78. The molecule has 3 rings (SSSR count). The van der Waals surface area contributed by atoms with Gasteiger partial charge in [-0.05, 0) is 31.4 Å². The molecular weight excluding hydrogens is 354 g/mol. The van der Waals surface area contributed by atoms with Gasteiger partial charge in [0, 0.05) is 44.8 Å². The highest BCUT2D eigenvalue weighted by Gasteiger charge is 2.33. The molecule has 2 aromatic heterocycles. The Morgan fingerprint density at radius 1 is 1.27 bits per heavy atom. The van der Waals surface area contributed by atoms with Gasteiger partial charge in [-0.3, -0.25) is 14.5 Å². The first-order valence-electron chi connectivity index (χ1n) is 8.77. The maximum absolute atomic E-state index is 13.0. The van der Waals surface area contributed by atoms with Gasteiger partial charge >= 0.3 is 0 Å². The molecule has 3 heterocycles. The van der Waals surface area contributed by atoms with Crippen molar-refractivity contribution >= 4 is 15.9 Å². The highest BCUT2D eigenvalue weighted by Crippen LogP contribution is 2.22. The van der Waals surface area contributed by atoms with E-state index in [1.165, 1.54) is 15.2 Å². The van der Waals surface area contributed by atoms with Crippen LogP contribution in [0.1, 0.15) is 42.1 Å². The Morgan fingerprint density at radius 2 is 2.04 bits per heavy atom. The lowest BCUT2D eigenvalue weighted by Gasteiger charge is -2.25. The third-order valence-corrected chi connectivity index (χ3v) is 6.21. The fraction of sp³-hybridized carbons (Fsp3) is 0.471. The predicted octanol–water partition coefficient (Wildman–Crippen LogP) is 1.40. The summed E-state index contributed by atoms with van der Waals surface area (Å²) in [6.07, 6.45) is 7.48. The Morgan fingerprint density at radius 3 is 2.69 bits per heavy atom. The second-order valence-electron chi connectivity index (χ2n) is 6.21. The third-order valence-electron chi connectivity index (χ3n) is 4.37. The van der Waals surface area contributed by atoms with E-state index in [9.17, 15) is 13.2 Å². The van der Waals surface area contributed by atoms with Crippen molar-refractivity contribution in [3.63, 3.8) is 0 Å². The second kappa shape index (κ2) is 7.96. The normalized spacial score (nSPS) is 15.7. The summed E-state index contributed by atoms with van der Waals surface area (Å²) in [5, 5.41) is 6.76. The first-order chi connectivity index (χ1) is 12.5. The van der Waals surface area contributed by atoms with Crippen LogP contribution in [0.3, 0.4) is 0 Å². The van der Waals surface area contributed by atoms with Crippen LogP contribution in [0, 0.1) is 0 Å². The number of piperidine rings is 1. The third kappa shape index (κ3) is 3.94. The number of pyridine rings is 1. The maximum atomic E-state index is 13.0. The Hall–Kier alpha value is -2.26. The number of aryl methyl sites for hydroxylation is 1. The molecule has 0 aliphatic carbocycles. The van der Waals surface area contributed by atoms with Crippen LogP contribution in [-0.2, 0) is 23.1 Å². The van der Waals surface area contributed by atoms with Gasteiger partial charge in [-0.1, -0.05) is 12.5 Å². The first-order valence-corrected chi connectivity index (χ1v) is 10.2. The largest absolute Gasteiger partial charge is 0.348 e. The van der Waals surface area contributed by atoms with Gasteiger partial charge in [0.1, 0.15) is 0 Å². The van der Waals surface area contributed by atoms with Crippen LogP contribution in [0.25, 0.3) is 0 Å². The molecule has 1 aliphatic rings. The van der Waals surface area contributed by atoms with Gasteiger partial charge in [-0.15, -0.1) is 0 Å². The number of amides is 1. The van der Waals surface area contributed by atoms with Gasteiger partial charge in [-0.25, -0.2) is 8.42 Å². The zero-order valence-corrected chi connectivity index (χ0v) is 15.6. The number of nitrogens with one attached hydrogen (secondary N) is 1. The number of carbonyl (C=O) groups excluding carboxylic acids is 1. The van der Waals surface area contributed by atoms with Gasteiger partial charge in [0.25, 0.3) is 15.9 Å². The molecule has 1 amide bonds. The minimum absolute atomic E-state index is 0.0845. The number of hydrogen-bond acceptors (Lipinski definition) is 5. The van der Waals surface area contributed by atoms with Gasteiger partial charge in [0.15, 0.2) is 0 Å². The smallest absolute Gasteiger partial charge is 0.263 e. The van der Waals surface area contributed by atoms with Crippen LogP contribution in [0.2, 0.25) is 0 Å². The highest BCUT2D eigenvalue weighted by atomic mass is 32.2. The fourth-order valence-corrected chi connectivity index (χ4v) is 4.53. The minimum Gasteiger partial charge on any atom is -0.348 e. The number of rotatable bonds is 6. The fourth-order valence-electron chi connectivity index (χ4n) is 2.92. The van der Waals surface area contributed by atoms with Crippen molar-refractivity contribution in [1.82, 2.24) is 24.4 Å². The summed E-state index contributed by atoms with van der Waals surface area (Å²) < 4.78 is 28.9. The van der Waals surface area contributed by atoms with Crippen LogP contribution in [0.4, 0.5) is 0 Å². The van der Waals surface area contributed by atoms with Crippen LogP contribution in [-0.4, -0.2) is 46.5 Å². The monoisotopic (exact) mass is 377 g/mol. The van der Waals surface area contributed by atoms with Crippen LogP contribution in [0.15, 0.2) is 35.7 Å². The van der Waals surface area contributed by atoms with Crippen LogP contribution < -0.4 is 5.32 Å². The summed E-state index contributed by atoms with van der Waals surface area (Å²) in [5.41, 5.74) is 0.922. The quantitative estimate of drug-likeness (QED) is 0.821. The van der Waals surface area contributed by atoms with E-state index in [0.29, 0.717) is 19.6 Å². The molecule has 0 atom stereocenters. The lowest BCUT2D eigenvalue weighted by atomic mass is 10.2. The molecule has 0 radical (unpaired) electrons. The molecule has 0 saturated carbocycles. The lowest BCUT2D eigenvalue weighted by Crippen LogP contribution is -2.37. The Bertz CT molecular complexity index is 858. The highest BCUT2D eigenvalue weighted by molar-refractivity contribution is 7.89. The van der Waals surface area contributed by atoms with E-state index in [2.05, 4.69) is 15.4 Å². The molecule has 0 bridgehead atoms. The summed E-state index contributed by atoms with van der Waals surface area (Å²) >= 11 is 0. The number of aromatic nitrogens is 3. The van der Waals surface area contributed by atoms with E-state index in [-0.39, 0.29) is 17.1 Å². The molecule has 1 fully saturated rings. The van der Waals surface area contributed by atoms with Crippen molar-refractivity contribution < 1.29 is 13.2 Å². The van der Waals surface area contributed by atoms with Crippen molar-refractivity contribution in [3.8, 4) is 0 Å². The average Bonchev–Trinajstić information content (AvgIpc) is 3.13. The predicted molar refractivity (Wildman–Crippen MR) is 95.9 cm³/mol. The molecule has 8 nitrogen and oxygen atoms in total. The SMILES string of the molecule is CCn1cc(C(=O)NCc2cccnc2)c(S(=O)(=O)N2CCCCC2)n1. The van der Waals surface area contributed by atoms with Crippen molar-refractivity contribution in [2.24, 2.45) is 0 Å². The first kappa shape index (κ1) is 18.5. The molecule has 140 valence electrons. The molecule has 0 aromatic carbocycles. The van der Waals surface area contributed by atoms with E-state index in [0.717, 1.165) is 24.8 Å². The van der Waals surface area contributed by atoms with E-state index < -0.39 is 15.9 Å². The summed E-state index contributed by atoms with van der Waals surface area (Å²) in [6, 6.07) is 3.62. The molecule has 26 heavy (non-hydrogen) atoms. The van der Waals surface area contributed by atoms with Crippen molar-refractivity contribution in [1.29, 1.82) is 0 Å². The molecular formula is C17H23N5O3S. The van der Waals surface area contributed by atoms with Crippen LogP contribution in [0.5, 0.6) is 0 Å². The van der Waals surface area contributed by atoms with Gasteiger partial charge in [0.2, 0.25) is 5.03 Å². The number of nitrogens with zero attached hydrogens (tertiary/aromatic N) is 4. The lowest BCUT2D eigenvalue weighted by molar-refractivity contribution is 0.0947. The molecule has 1 aliphatic heterocycles. The Labute approximate surface area is 153 Å². The zero-order valence-electron chi connectivity index (χ0n) is 14.8. The summed E-state index contributed by atoms with van der Waals surface area (Å²) in [5.74, 6) is -0.455. The van der Waals surface area contributed by atoms with Gasteiger partial charge in [0.05, 0.1) is 5.56 Å². The number of sulfonamides is 1. The minimum atomic E-state index is -3.78. The topological polar surface area (TPSA) is 97.2 Å². The summed E-state index contributed by atoms with van der Waals surface area (Å²) in [4.78, 5) is 16.6. The van der Waals surface area contributed by atoms with Crippen molar-refractivity contribution in [2.45, 2.75) is 44.3 Å². The van der Waals surface area contributed by atoms with Crippen molar-refractivity contribution in [3.05, 3.63) is 41.9 Å². The standard InChI is InChI=1S/C17H23N5O3S/c1-2-21-13-15(16(23)19-12-14-7-6-8-18-11-14)17(20-21)26(24,25)22-9-4-3-5-10-22/h6-8,11,13H,2-5,9-10,12H2,1H3,(H,19,23). The Kier molecular flexibility index (Phi) is 5.67. The maximum Gasteiger partial charge on any atom is 0.263 e. The summed E-state index contributed by atoms with van der Waals surface area (Å²) in [6.45, 7) is 3.54. The van der Waals surface area contributed by atoms with Crippen LogP contribution >= 0.6 is 0 Å². The Balaban J connectivity index is 1.84. The number of carbonyl (C=O) groups is 1.